The van der Waals surface area contributed by atoms with Crippen LogP contribution in [0.5, 0.6) is 5.75 Å². The van der Waals surface area contributed by atoms with E-state index in [4.69, 9.17) is 21.3 Å². The summed E-state index contributed by atoms with van der Waals surface area (Å²) in [6.45, 7) is 4.65. The van der Waals surface area contributed by atoms with Crippen molar-refractivity contribution >= 4 is 23.5 Å². The molecule has 2 aromatic rings. The number of ether oxygens (including phenoxy) is 1. The maximum absolute atomic E-state index is 11.8. The molecule has 0 saturated carbocycles. The van der Waals surface area contributed by atoms with Crippen molar-refractivity contribution in [1.29, 1.82) is 0 Å². The minimum atomic E-state index is -0.0804. The summed E-state index contributed by atoms with van der Waals surface area (Å²) in [6, 6.07) is 15.0. The van der Waals surface area contributed by atoms with Crippen molar-refractivity contribution in [2.24, 2.45) is 4.99 Å². The van der Waals surface area contributed by atoms with Crippen molar-refractivity contribution in [2.75, 3.05) is 40.3 Å². The molecule has 156 valence electrons. The lowest BCUT2D eigenvalue weighted by atomic mass is 10.1. The van der Waals surface area contributed by atoms with E-state index in [1.54, 1.807) is 13.1 Å². The van der Waals surface area contributed by atoms with E-state index in [1.807, 2.05) is 61.3 Å². The number of rotatable bonds is 9. The van der Waals surface area contributed by atoms with Gasteiger partial charge < -0.3 is 20.3 Å². The number of aliphatic imine (C=N–C) groups is 1. The van der Waals surface area contributed by atoms with Gasteiger partial charge in [-0.3, -0.25) is 9.79 Å². The van der Waals surface area contributed by atoms with Gasteiger partial charge in [0.25, 0.3) is 5.91 Å². The van der Waals surface area contributed by atoms with Crippen LogP contribution in [0.15, 0.2) is 53.5 Å². The van der Waals surface area contributed by atoms with Crippen molar-refractivity contribution in [3.63, 3.8) is 0 Å². The smallest absolute Gasteiger partial charge is 0.251 e. The van der Waals surface area contributed by atoms with Gasteiger partial charge in [0.15, 0.2) is 5.96 Å². The predicted molar refractivity (Wildman–Crippen MR) is 119 cm³/mol. The Morgan fingerprint density at radius 2 is 2.00 bits per heavy atom. The number of amides is 1. The molecule has 0 heterocycles. The van der Waals surface area contributed by atoms with E-state index in [0.717, 1.165) is 30.2 Å². The largest absolute Gasteiger partial charge is 0.492 e. The fourth-order valence-corrected chi connectivity index (χ4v) is 2.92. The Labute approximate surface area is 177 Å². The molecule has 0 atom stereocenters. The average Bonchev–Trinajstić information content (AvgIpc) is 2.72. The number of nitrogens with one attached hydrogen (secondary N) is 2. The highest BCUT2D eigenvalue weighted by atomic mass is 35.5. The van der Waals surface area contributed by atoms with Gasteiger partial charge in [-0.15, -0.1) is 0 Å². The highest BCUT2D eigenvalue weighted by Gasteiger charge is 2.07. The molecule has 0 radical (unpaired) electrons. The first-order valence-electron chi connectivity index (χ1n) is 9.72. The monoisotopic (exact) mass is 416 g/mol. The minimum Gasteiger partial charge on any atom is -0.492 e. The van der Waals surface area contributed by atoms with Gasteiger partial charge in [-0.25, -0.2) is 0 Å². The summed E-state index contributed by atoms with van der Waals surface area (Å²) >= 11 is 5.98. The first-order chi connectivity index (χ1) is 14.0. The van der Waals surface area contributed by atoms with Gasteiger partial charge in [0, 0.05) is 37.8 Å². The molecule has 0 bridgehead atoms. The normalized spacial score (nSPS) is 11.1. The number of guanidine groups is 1. The standard InChI is InChI=1S/C22H29ClN4O2/c1-4-25-22(27(3)13-14-29-20-10-6-9-19(23)16-20)26-12-11-17-7-5-8-18(15-17)21(28)24-2/h5-10,15-16H,4,11-14H2,1-3H3,(H,24,28)(H,25,26). The zero-order chi connectivity index (χ0) is 21.1. The van der Waals surface area contributed by atoms with Gasteiger partial charge in [0.1, 0.15) is 12.4 Å². The quantitative estimate of drug-likeness (QED) is 0.486. The Bertz CT molecular complexity index is 826. The highest BCUT2D eigenvalue weighted by Crippen LogP contribution is 2.16. The second-order valence-corrected chi connectivity index (χ2v) is 6.93. The molecule has 0 aliphatic heterocycles. The number of benzene rings is 2. The zero-order valence-electron chi connectivity index (χ0n) is 17.2. The topological polar surface area (TPSA) is 66.0 Å². The van der Waals surface area contributed by atoms with Crippen LogP contribution in [0.4, 0.5) is 0 Å². The Hall–Kier alpha value is -2.73. The number of carbonyl (C=O) groups is 1. The van der Waals surface area contributed by atoms with Crippen LogP contribution in [0.25, 0.3) is 0 Å². The summed E-state index contributed by atoms with van der Waals surface area (Å²) in [5, 5.41) is 6.61. The summed E-state index contributed by atoms with van der Waals surface area (Å²) < 4.78 is 5.76. The fraction of sp³-hybridized carbons (Fsp3) is 0.364. The summed E-state index contributed by atoms with van der Waals surface area (Å²) in [7, 11) is 3.61. The van der Waals surface area contributed by atoms with E-state index in [0.29, 0.717) is 30.3 Å². The first-order valence-corrected chi connectivity index (χ1v) is 10.1. The number of carbonyl (C=O) groups excluding carboxylic acids is 1. The van der Waals surface area contributed by atoms with E-state index in [2.05, 4.69) is 10.6 Å². The number of hydrogen-bond donors (Lipinski definition) is 2. The third kappa shape index (κ3) is 7.66. The molecular formula is C22H29ClN4O2. The second kappa shape index (κ2) is 12.0. The molecule has 0 aliphatic carbocycles. The van der Waals surface area contributed by atoms with Crippen molar-refractivity contribution in [3.8, 4) is 5.75 Å². The summed E-state index contributed by atoms with van der Waals surface area (Å²) in [5.74, 6) is 1.50. The van der Waals surface area contributed by atoms with Gasteiger partial charge in [-0.2, -0.15) is 0 Å². The maximum atomic E-state index is 11.8. The molecule has 29 heavy (non-hydrogen) atoms. The number of halogens is 1. The van der Waals surface area contributed by atoms with Crippen LogP contribution < -0.4 is 15.4 Å². The summed E-state index contributed by atoms with van der Waals surface area (Å²) in [4.78, 5) is 18.5. The van der Waals surface area contributed by atoms with Crippen LogP contribution in [0.2, 0.25) is 5.02 Å². The molecule has 0 spiro atoms. The molecule has 2 N–H and O–H groups in total. The molecule has 0 unspecified atom stereocenters. The van der Waals surface area contributed by atoms with Gasteiger partial charge >= 0.3 is 0 Å². The lowest BCUT2D eigenvalue weighted by molar-refractivity contribution is 0.0963. The van der Waals surface area contributed by atoms with Gasteiger partial charge in [-0.05, 0) is 49.2 Å². The number of nitrogens with zero attached hydrogens (tertiary/aromatic N) is 2. The van der Waals surface area contributed by atoms with E-state index < -0.39 is 0 Å². The summed E-state index contributed by atoms with van der Waals surface area (Å²) in [6.07, 6.45) is 0.757. The van der Waals surface area contributed by atoms with Crippen LogP contribution in [0.1, 0.15) is 22.8 Å². The molecule has 0 saturated heterocycles. The molecule has 2 rings (SSSR count). The molecule has 7 heteroatoms. The molecule has 0 fully saturated rings. The first kappa shape index (κ1) is 22.6. The van der Waals surface area contributed by atoms with Crippen LogP contribution in [0, 0.1) is 0 Å². The lowest BCUT2D eigenvalue weighted by Crippen LogP contribution is -2.41. The van der Waals surface area contributed by atoms with E-state index >= 15 is 0 Å². The Morgan fingerprint density at radius 3 is 2.72 bits per heavy atom. The number of hydrogen-bond acceptors (Lipinski definition) is 3. The number of likely N-dealkylation sites (N-methyl/N-ethyl adjacent to an activating group) is 1. The average molecular weight is 417 g/mol. The molecule has 0 aromatic heterocycles. The molecule has 6 nitrogen and oxygen atoms in total. The highest BCUT2D eigenvalue weighted by molar-refractivity contribution is 6.30. The Morgan fingerprint density at radius 1 is 1.21 bits per heavy atom. The Kier molecular flexibility index (Phi) is 9.31. The minimum absolute atomic E-state index is 0.0804. The fourth-order valence-electron chi connectivity index (χ4n) is 2.74. The van der Waals surface area contributed by atoms with E-state index in [-0.39, 0.29) is 5.91 Å². The maximum Gasteiger partial charge on any atom is 0.251 e. The zero-order valence-corrected chi connectivity index (χ0v) is 18.0. The third-order valence-corrected chi connectivity index (χ3v) is 4.50. The molecular weight excluding hydrogens is 388 g/mol. The van der Waals surface area contributed by atoms with Crippen LogP contribution in [-0.4, -0.2) is 57.1 Å². The van der Waals surface area contributed by atoms with Crippen molar-refractivity contribution in [3.05, 3.63) is 64.7 Å². The SMILES string of the molecule is CCNC(=NCCc1cccc(C(=O)NC)c1)N(C)CCOc1cccc(Cl)c1. The van der Waals surface area contributed by atoms with E-state index in [9.17, 15) is 4.79 Å². The van der Waals surface area contributed by atoms with Crippen molar-refractivity contribution < 1.29 is 9.53 Å². The van der Waals surface area contributed by atoms with Crippen LogP contribution in [-0.2, 0) is 6.42 Å². The van der Waals surface area contributed by atoms with Gasteiger partial charge in [0.2, 0.25) is 0 Å². The van der Waals surface area contributed by atoms with Crippen LogP contribution in [0.3, 0.4) is 0 Å². The van der Waals surface area contributed by atoms with Gasteiger partial charge in [0.05, 0.1) is 6.54 Å². The van der Waals surface area contributed by atoms with Crippen molar-refractivity contribution in [2.45, 2.75) is 13.3 Å². The Balaban J connectivity index is 1.88. The van der Waals surface area contributed by atoms with E-state index in [1.165, 1.54) is 0 Å². The van der Waals surface area contributed by atoms with Gasteiger partial charge in [-0.1, -0.05) is 29.8 Å². The predicted octanol–water partition coefficient (Wildman–Crippen LogP) is 3.22. The molecule has 2 aromatic carbocycles. The molecule has 1 amide bonds. The molecule has 0 aliphatic rings. The van der Waals surface area contributed by atoms with Crippen LogP contribution >= 0.6 is 11.6 Å². The second-order valence-electron chi connectivity index (χ2n) is 6.49. The summed E-state index contributed by atoms with van der Waals surface area (Å²) in [5.41, 5.74) is 1.74. The third-order valence-electron chi connectivity index (χ3n) is 4.27. The lowest BCUT2D eigenvalue weighted by Gasteiger charge is -2.22. The van der Waals surface area contributed by atoms with Crippen molar-refractivity contribution in [1.82, 2.24) is 15.5 Å².